The summed E-state index contributed by atoms with van der Waals surface area (Å²) < 4.78 is 38.3. The Morgan fingerprint density at radius 2 is 1.82 bits per heavy atom. The van der Waals surface area contributed by atoms with E-state index in [4.69, 9.17) is 0 Å². The monoisotopic (exact) mass is 531 g/mol. The highest BCUT2D eigenvalue weighted by Gasteiger charge is 2.46. The average Bonchev–Trinajstić information content (AvgIpc) is 3.53. The van der Waals surface area contributed by atoms with E-state index >= 15 is 0 Å². The lowest BCUT2D eigenvalue weighted by Gasteiger charge is -2.25. The summed E-state index contributed by atoms with van der Waals surface area (Å²) >= 11 is 0. The normalized spacial score (nSPS) is 15.9. The molecule has 1 fully saturated rings. The van der Waals surface area contributed by atoms with Crippen molar-refractivity contribution in [2.75, 3.05) is 17.2 Å². The fraction of sp³-hybridized carbons (Fsp3) is 0.333. The van der Waals surface area contributed by atoms with Crippen LogP contribution in [0.15, 0.2) is 65.6 Å². The van der Waals surface area contributed by atoms with Gasteiger partial charge in [0.1, 0.15) is 5.82 Å². The largest absolute Gasteiger partial charge is 0.334 e. The molecule has 0 unspecified atom stereocenters. The summed E-state index contributed by atoms with van der Waals surface area (Å²) in [6.07, 6.45) is 4.33. The number of carbonyl (C=O) groups is 1. The van der Waals surface area contributed by atoms with Crippen LogP contribution in [-0.4, -0.2) is 26.7 Å². The molecule has 6 nitrogen and oxygen atoms in total. The van der Waals surface area contributed by atoms with Crippen LogP contribution in [0.3, 0.4) is 0 Å². The molecular weight excluding hydrogens is 501 g/mol. The zero-order valence-corrected chi connectivity index (χ0v) is 22.2. The standard InChI is InChI=1S/C30H30FN3O3S/c1-2-38(36,37)25-10-5-21(6-11-25)19-33-29(35)34-20-30(14-3-4-15-30)27-17-23(8-12-28(27)34)26-18-24(31)9-7-22(26)13-16-32/h5-12,17-18H,2-4,13-15,19-20H2,1H3,(H,33,35). The zero-order valence-electron chi connectivity index (χ0n) is 21.3. The summed E-state index contributed by atoms with van der Waals surface area (Å²) in [6.45, 7) is 2.48. The zero-order chi connectivity index (χ0) is 26.9. The van der Waals surface area contributed by atoms with Crippen LogP contribution in [0.2, 0.25) is 0 Å². The van der Waals surface area contributed by atoms with E-state index in [1.807, 2.05) is 12.1 Å². The van der Waals surface area contributed by atoms with Gasteiger partial charge >= 0.3 is 6.03 Å². The first kappa shape index (κ1) is 25.9. The Kier molecular flexibility index (Phi) is 6.97. The van der Waals surface area contributed by atoms with Gasteiger partial charge in [-0.15, -0.1) is 0 Å². The van der Waals surface area contributed by atoms with E-state index in [1.165, 1.54) is 12.1 Å². The molecule has 2 amide bonds. The van der Waals surface area contributed by atoms with Crippen molar-refractivity contribution < 1.29 is 17.6 Å². The number of fused-ring (bicyclic) bond motifs is 2. The number of hydrogen-bond donors (Lipinski definition) is 1. The number of benzene rings is 3. The van der Waals surface area contributed by atoms with E-state index in [1.54, 1.807) is 42.2 Å². The fourth-order valence-electron chi connectivity index (χ4n) is 5.81. The van der Waals surface area contributed by atoms with Gasteiger partial charge in [0.15, 0.2) is 9.84 Å². The molecule has 8 heteroatoms. The molecule has 1 aliphatic carbocycles. The van der Waals surface area contributed by atoms with Crippen LogP contribution < -0.4 is 10.2 Å². The third-order valence-corrected chi connectivity index (χ3v) is 9.63. The maximum Gasteiger partial charge on any atom is 0.322 e. The van der Waals surface area contributed by atoms with Crippen molar-refractivity contribution in [3.63, 3.8) is 0 Å². The minimum absolute atomic E-state index is 0.0414. The average molecular weight is 532 g/mol. The van der Waals surface area contributed by atoms with E-state index in [0.717, 1.165) is 53.6 Å². The number of hydrogen-bond acceptors (Lipinski definition) is 4. The first-order valence-corrected chi connectivity index (χ1v) is 14.6. The van der Waals surface area contributed by atoms with Crippen molar-refractivity contribution >= 4 is 21.6 Å². The first-order chi connectivity index (χ1) is 18.3. The Hall–Kier alpha value is -3.70. The van der Waals surface area contributed by atoms with Gasteiger partial charge in [-0.25, -0.2) is 17.6 Å². The lowest BCUT2D eigenvalue weighted by Crippen LogP contribution is -2.41. The molecule has 0 aromatic heterocycles. The van der Waals surface area contributed by atoms with Crippen LogP contribution in [0.5, 0.6) is 0 Å². The third-order valence-electron chi connectivity index (χ3n) is 7.88. The van der Waals surface area contributed by atoms with Gasteiger partial charge in [0, 0.05) is 24.2 Å². The van der Waals surface area contributed by atoms with Crippen molar-refractivity contribution in [3.05, 3.63) is 83.2 Å². The molecule has 38 heavy (non-hydrogen) atoms. The van der Waals surface area contributed by atoms with Gasteiger partial charge in [-0.2, -0.15) is 5.26 Å². The van der Waals surface area contributed by atoms with Gasteiger partial charge in [-0.1, -0.05) is 44.0 Å². The topological polar surface area (TPSA) is 90.3 Å². The maximum absolute atomic E-state index is 14.2. The van der Waals surface area contributed by atoms with Gasteiger partial charge in [-0.3, -0.25) is 4.90 Å². The second kappa shape index (κ2) is 10.2. The highest BCUT2D eigenvalue weighted by Crippen LogP contribution is 2.51. The summed E-state index contributed by atoms with van der Waals surface area (Å²) in [6, 6.07) is 19.0. The van der Waals surface area contributed by atoms with E-state index in [9.17, 15) is 22.9 Å². The molecule has 5 rings (SSSR count). The van der Waals surface area contributed by atoms with Gasteiger partial charge in [0.25, 0.3) is 0 Å². The van der Waals surface area contributed by atoms with Crippen LogP contribution in [0.4, 0.5) is 14.9 Å². The molecule has 1 aliphatic heterocycles. The van der Waals surface area contributed by atoms with Crippen LogP contribution in [0.1, 0.15) is 49.3 Å². The quantitative estimate of drug-likeness (QED) is 0.429. The first-order valence-electron chi connectivity index (χ1n) is 12.9. The number of anilines is 1. The number of rotatable bonds is 6. The number of urea groups is 1. The number of carbonyl (C=O) groups excluding carboxylic acids is 1. The Labute approximate surface area is 223 Å². The Morgan fingerprint density at radius 1 is 1.08 bits per heavy atom. The molecule has 1 N–H and O–H groups in total. The van der Waals surface area contributed by atoms with Crippen LogP contribution in [0, 0.1) is 17.1 Å². The van der Waals surface area contributed by atoms with E-state index < -0.39 is 9.84 Å². The fourth-order valence-corrected chi connectivity index (χ4v) is 6.69. The minimum Gasteiger partial charge on any atom is -0.334 e. The van der Waals surface area contributed by atoms with Crippen molar-refractivity contribution in [1.82, 2.24) is 5.32 Å². The molecular formula is C30H30FN3O3S. The second-order valence-electron chi connectivity index (χ2n) is 10.1. The summed E-state index contributed by atoms with van der Waals surface area (Å²) in [5.74, 6) is -0.307. The molecule has 196 valence electrons. The molecule has 0 atom stereocenters. The number of amides is 2. The van der Waals surface area contributed by atoms with Crippen LogP contribution in [-0.2, 0) is 28.2 Å². The molecule has 3 aromatic rings. The number of sulfone groups is 1. The molecule has 3 aromatic carbocycles. The third kappa shape index (κ3) is 4.79. The molecule has 0 radical (unpaired) electrons. The number of nitrogens with zero attached hydrogens (tertiary/aromatic N) is 2. The molecule has 1 saturated carbocycles. The molecule has 0 bridgehead atoms. The van der Waals surface area contributed by atoms with Gasteiger partial charge in [0.05, 0.1) is 23.1 Å². The molecule has 2 aliphatic rings. The van der Waals surface area contributed by atoms with E-state index in [2.05, 4.69) is 17.5 Å². The predicted octanol–water partition coefficient (Wildman–Crippen LogP) is 5.89. The van der Waals surface area contributed by atoms with E-state index in [0.29, 0.717) is 12.1 Å². The van der Waals surface area contributed by atoms with Crippen molar-refractivity contribution in [2.24, 2.45) is 0 Å². The van der Waals surface area contributed by atoms with Crippen molar-refractivity contribution in [3.8, 4) is 17.2 Å². The molecule has 0 saturated heterocycles. The minimum atomic E-state index is -3.27. The Balaban J connectivity index is 1.41. The van der Waals surface area contributed by atoms with Crippen molar-refractivity contribution in [1.29, 1.82) is 5.26 Å². The Bertz CT molecular complexity index is 1520. The van der Waals surface area contributed by atoms with Crippen LogP contribution in [0.25, 0.3) is 11.1 Å². The summed E-state index contributed by atoms with van der Waals surface area (Å²) in [5.41, 5.74) is 4.97. The predicted molar refractivity (Wildman–Crippen MR) is 145 cm³/mol. The van der Waals surface area contributed by atoms with E-state index in [-0.39, 0.29) is 40.9 Å². The Morgan fingerprint density at radius 3 is 2.50 bits per heavy atom. The number of nitrogens with one attached hydrogen (secondary N) is 1. The highest BCUT2D eigenvalue weighted by atomic mass is 32.2. The van der Waals surface area contributed by atoms with Gasteiger partial charge < -0.3 is 5.32 Å². The highest BCUT2D eigenvalue weighted by molar-refractivity contribution is 7.91. The van der Waals surface area contributed by atoms with Crippen LogP contribution >= 0.6 is 0 Å². The molecule has 1 heterocycles. The smallest absolute Gasteiger partial charge is 0.322 e. The summed E-state index contributed by atoms with van der Waals surface area (Å²) in [4.78, 5) is 15.4. The van der Waals surface area contributed by atoms with Crippen molar-refractivity contribution in [2.45, 2.75) is 55.9 Å². The summed E-state index contributed by atoms with van der Waals surface area (Å²) in [5, 5.41) is 12.2. The number of nitriles is 1. The number of halogens is 1. The second-order valence-corrected chi connectivity index (χ2v) is 12.4. The summed E-state index contributed by atoms with van der Waals surface area (Å²) in [7, 11) is -3.27. The lowest BCUT2D eigenvalue weighted by atomic mass is 9.79. The lowest BCUT2D eigenvalue weighted by molar-refractivity contribution is 0.245. The van der Waals surface area contributed by atoms with Gasteiger partial charge in [-0.05, 0) is 77.1 Å². The molecule has 1 spiro atoms. The van der Waals surface area contributed by atoms with Gasteiger partial charge in [0.2, 0.25) is 0 Å². The maximum atomic E-state index is 14.2. The SMILES string of the molecule is CCS(=O)(=O)c1ccc(CNC(=O)N2CC3(CCCC3)c3cc(-c4cc(F)ccc4CC#N)ccc32)cc1.